The maximum absolute atomic E-state index is 12.5. The minimum atomic E-state index is -0.311. The zero-order chi connectivity index (χ0) is 13.1. The molecule has 1 saturated heterocycles. The van der Waals surface area contributed by atoms with Crippen LogP contribution in [0.5, 0.6) is 0 Å². The van der Waals surface area contributed by atoms with E-state index in [0.29, 0.717) is 31.3 Å². The lowest BCUT2D eigenvalue weighted by molar-refractivity contribution is -0.137. The number of rotatable bonds is 2. The molecule has 0 aromatic heterocycles. The molecule has 3 atom stereocenters. The first-order valence-corrected chi connectivity index (χ1v) is 7.23. The van der Waals surface area contributed by atoms with Gasteiger partial charge in [0, 0.05) is 19.0 Å². The molecule has 1 N–H and O–H groups in total. The first kappa shape index (κ1) is 13.4. The second-order valence-electron chi connectivity index (χ2n) is 5.64. The molecule has 1 aliphatic carbocycles. The summed E-state index contributed by atoms with van der Waals surface area (Å²) in [6.07, 6.45) is 5.91. The van der Waals surface area contributed by atoms with Crippen molar-refractivity contribution in [3.63, 3.8) is 0 Å². The smallest absolute Gasteiger partial charge is 0.245 e. The number of hydrogen-bond donors (Lipinski definition) is 1. The lowest BCUT2D eigenvalue weighted by Gasteiger charge is -2.38. The summed E-state index contributed by atoms with van der Waals surface area (Å²) in [5.74, 6) is 0.705. The molecule has 102 valence electrons. The Balaban J connectivity index is 2.14. The number of hydrogen-bond acceptors (Lipinski definition) is 2. The molecular formula is C14H24N2O2. The molecule has 0 bridgehead atoms. The van der Waals surface area contributed by atoms with Crippen molar-refractivity contribution in [1.29, 1.82) is 0 Å². The highest BCUT2D eigenvalue weighted by molar-refractivity contribution is 5.90. The molecule has 0 aromatic rings. The summed E-state index contributed by atoms with van der Waals surface area (Å²) in [5.41, 5.74) is 0. The van der Waals surface area contributed by atoms with Crippen LogP contribution in [0.25, 0.3) is 0 Å². The summed E-state index contributed by atoms with van der Waals surface area (Å²) in [5, 5.41) is 2.83. The largest absolute Gasteiger partial charge is 0.344 e. The number of nitrogens with one attached hydrogen (secondary N) is 1. The first-order chi connectivity index (χ1) is 8.63. The number of nitrogens with zero attached hydrogens (tertiary/aromatic N) is 1. The van der Waals surface area contributed by atoms with Gasteiger partial charge in [-0.25, -0.2) is 0 Å². The summed E-state index contributed by atoms with van der Waals surface area (Å²) >= 11 is 0. The average Bonchev–Trinajstić information content (AvgIpc) is 2.50. The second-order valence-corrected chi connectivity index (χ2v) is 5.64. The fraction of sp³-hybridized carbons (Fsp3) is 0.857. The van der Waals surface area contributed by atoms with Crippen molar-refractivity contribution in [2.45, 2.75) is 64.5 Å². The monoisotopic (exact) mass is 252 g/mol. The molecule has 2 rings (SSSR count). The molecule has 0 aromatic carbocycles. The predicted octanol–water partition coefficient (Wildman–Crippen LogP) is 1.69. The maximum Gasteiger partial charge on any atom is 0.245 e. The van der Waals surface area contributed by atoms with E-state index >= 15 is 0 Å². The molecule has 4 heteroatoms. The van der Waals surface area contributed by atoms with Gasteiger partial charge in [-0.3, -0.25) is 9.59 Å². The van der Waals surface area contributed by atoms with E-state index in [-0.39, 0.29) is 17.9 Å². The van der Waals surface area contributed by atoms with Gasteiger partial charge >= 0.3 is 0 Å². The van der Waals surface area contributed by atoms with Crippen LogP contribution in [0.4, 0.5) is 0 Å². The topological polar surface area (TPSA) is 49.4 Å². The highest BCUT2D eigenvalue weighted by atomic mass is 16.2. The molecule has 3 unspecified atom stereocenters. The Morgan fingerprint density at radius 1 is 1.28 bits per heavy atom. The zero-order valence-electron chi connectivity index (χ0n) is 11.4. The minimum Gasteiger partial charge on any atom is -0.344 e. The summed E-state index contributed by atoms with van der Waals surface area (Å²) in [6, 6.07) is 0.0297. The van der Waals surface area contributed by atoms with Gasteiger partial charge in [0.1, 0.15) is 6.04 Å². The Bertz CT molecular complexity index is 330. The van der Waals surface area contributed by atoms with E-state index in [1.807, 2.05) is 11.8 Å². The fourth-order valence-electron chi connectivity index (χ4n) is 3.23. The van der Waals surface area contributed by atoms with E-state index in [0.717, 1.165) is 6.42 Å². The van der Waals surface area contributed by atoms with Gasteiger partial charge in [-0.05, 0) is 25.2 Å². The lowest BCUT2D eigenvalue weighted by Crippen LogP contribution is -2.50. The second kappa shape index (κ2) is 5.72. The van der Waals surface area contributed by atoms with Crippen LogP contribution in [0.2, 0.25) is 0 Å². The van der Waals surface area contributed by atoms with Crippen LogP contribution >= 0.6 is 0 Å². The Hall–Kier alpha value is -1.06. The molecule has 2 amide bonds. The van der Waals surface area contributed by atoms with E-state index in [1.54, 1.807) is 0 Å². The Morgan fingerprint density at radius 2 is 2.00 bits per heavy atom. The zero-order valence-corrected chi connectivity index (χ0v) is 11.4. The normalized spacial score (nSPS) is 34.1. The minimum absolute atomic E-state index is 0.0150. The molecule has 2 fully saturated rings. The Kier molecular flexibility index (Phi) is 4.25. The average molecular weight is 252 g/mol. The standard InChI is InChI=1S/C14H24N2O2/c1-3-11-14(18)16(9-8-13(17)15-11)12-7-5-4-6-10(12)2/h10-12H,3-9H2,1-2H3,(H,15,17). The fourth-order valence-corrected chi connectivity index (χ4v) is 3.23. The SMILES string of the molecule is CCC1NC(=O)CCN(C2CCCCC2C)C1=O. The quantitative estimate of drug-likeness (QED) is 0.813. The van der Waals surface area contributed by atoms with Gasteiger partial charge in [0.25, 0.3) is 0 Å². The number of amides is 2. The highest BCUT2D eigenvalue weighted by Crippen LogP contribution is 2.29. The van der Waals surface area contributed by atoms with Crippen molar-refractivity contribution >= 4 is 11.8 Å². The van der Waals surface area contributed by atoms with Crippen LogP contribution in [0.1, 0.15) is 52.4 Å². The summed E-state index contributed by atoms with van der Waals surface area (Å²) < 4.78 is 0. The van der Waals surface area contributed by atoms with Crippen LogP contribution in [-0.2, 0) is 9.59 Å². The number of carbonyl (C=O) groups is 2. The third-order valence-corrected chi connectivity index (χ3v) is 4.37. The van der Waals surface area contributed by atoms with E-state index in [9.17, 15) is 9.59 Å². The van der Waals surface area contributed by atoms with Crippen molar-refractivity contribution in [3.05, 3.63) is 0 Å². The van der Waals surface area contributed by atoms with Gasteiger partial charge in [-0.15, -0.1) is 0 Å². The Labute approximate surface area is 109 Å². The summed E-state index contributed by atoms with van der Waals surface area (Å²) in [6.45, 7) is 4.78. The number of carbonyl (C=O) groups excluding carboxylic acids is 2. The Morgan fingerprint density at radius 3 is 2.67 bits per heavy atom. The van der Waals surface area contributed by atoms with Crippen LogP contribution in [0, 0.1) is 5.92 Å². The molecule has 1 heterocycles. The molecule has 0 radical (unpaired) electrons. The molecule has 1 aliphatic heterocycles. The van der Waals surface area contributed by atoms with Gasteiger partial charge in [-0.2, -0.15) is 0 Å². The molecule has 18 heavy (non-hydrogen) atoms. The van der Waals surface area contributed by atoms with E-state index in [2.05, 4.69) is 12.2 Å². The van der Waals surface area contributed by atoms with Crippen LogP contribution < -0.4 is 5.32 Å². The van der Waals surface area contributed by atoms with Crippen LogP contribution in [0.15, 0.2) is 0 Å². The molecule has 2 aliphatic rings. The molecule has 4 nitrogen and oxygen atoms in total. The van der Waals surface area contributed by atoms with Crippen LogP contribution in [-0.4, -0.2) is 35.3 Å². The van der Waals surface area contributed by atoms with E-state index in [4.69, 9.17) is 0 Å². The van der Waals surface area contributed by atoms with Crippen molar-refractivity contribution in [2.24, 2.45) is 5.92 Å². The highest BCUT2D eigenvalue weighted by Gasteiger charge is 2.35. The molecule has 1 saturated carbocycles. The van der Waals surface area contributed by atoms with Crippen molar-refractivity contribution in [3.8, 4) is 0 Å². The van der Waals surface area contributed by atoms with E-state index in [1.165, 1.54) is 19.3 Å². The van der Waals surface area contributed by atoms with Crippen LogP contribution in [0.3, 0.4) is 0 Å². The van der Waals surface area contributed by atoms with Gasteiger partial charge < -0.3 is 10.2 Å². The predicted molar refractivity (Wildman–Crippen MR) is 70.0 cm³/mol. The first-order valence-electron chi connectivity index (χ1n) is 7.23. The summed E-state index contributed by atoms with van der Waals surface area (Å²) in [7, 11) is 0. The molecule has 0 spiro atoms. The van der Waals surface area contributed by atoms with Crippen molar-refractivity contribution in [2.75, 3.05) is 6.54 Å². The van der Waals surface area contributed by atoms with Crippen molar-refractivity contribution < 1.29 is 9.59 Å². The third kappa shape index (κ3) is 2.68. The van der Waals surface area contributed by atoms with Gasteiger partial charge in [0.15, 0.2) is 0 Å². The third-order valence-electron chi connectivity index (χ3n) is 4.37. The van der Waals surface area contributed by atoms with Crippen molar-refractivity contribution in [1.82, 2.24) is 10.2 Å². The van der Waals surface area contributed by atoms with Gasteiger partial charge in [0.05, 0.1) is 0 Å². The lowest BCUT2D eigenvalue weighted by atomic mass is 9.84. The maximum atomic E-state index is 12.5. The summed E-state index contributed by atoms with van der Waals surface area (Å²) in [4.78, 5) is 26.1. The van der Waals surface area contributed by atoms with Gasteiger partial charge in [-0.1, -0.05) is 26.7 Å². The molecular weight excluding hydrogens is 228 g/mol. The van der Waals surface area contributed by atoms with E-state index < -0.39 is 0 Å². The van der Waals surface area contributed by atoms with Gasteiger partial charge in [0.2, 0.25) is 11.8 Å².